The fraction of sp³-hybridized carbons (Fsp3) is 0.850. The van der Waals surface area contributed by atoms with Crippen LogP contribution in [0.3, 0.4) is 0 Å². The van der Waals surface area contributed by atoms with Gasteiger partial charge in [0.1, 0.15) is 0 Å². The highest BCUT2D eigenvalue weighted by Crippen LogP contribution is 2.12. The summed E-state index contributed by atoms with van der Waals surface area (Å²) in [5.74, 6) is 3.99. The lowest BCUT2D eigenvalue weighted by Crippen LogP contribution is -2.26. The van der Waals surface area contributed by atoms with Crippen LogP contribution in [0.2, 0.25) is 0 Å². The molecule has 24 heavy (non-hydrogen) atoms. The molecule has 0 aliphatic heterocycles. The van der Waals surface area contributed by atoms with Gasteiger partial charge in [0.25, 0.3) is 0 Å². The van der Waals surface area contributed by atoms with Gasteiger partial charge in [-0.1, -0.05) is 83.3 Å². The Hall–Kier alpha value is -0.870. The van der Waals surface area contributed by atoms with E-state index in [0.29, 0.717) is 6.42 Å². The first-order valence-corrected chi connectivity index (χ1v) is 9.95. The smallest absolute Gasteiger partial charge is 0.334 e. The third-order valence-electron chi connectivity index (χ3n) is 4.42. The summed E-state index contributed by atoms with van der Waals surface area (Å²) < 4.78 is 0. The Labute approximate surface area is 148 Å². The van der Waals surface area contributed by atoms with Crippen LogP contribution in [0.15, 0.2) is 12.2 Å². The standard InChI is InChI=1S/C20H39NO3/c1-2-3-4-5-6-7-8-9-10-11-12-13-14-15-16-17-18-19(24-21)20(22)23/h9-10,19H,2-8,11-18,21H2,1H3,(H,22,23)/b10-9-. The molecule has 3 N–H and O–H groups in total. The van der Waals surface area contributed by atoms with Gasteiger partial charge in [0, 0.05) is 0 Å². The van der Waals surface area contributed by atoms with Gasteiger partial charge in [0.15, 0.2) is 6.10 Å². The average molecular weight is 342 g/mol. The molecule has 0 spiro atoms. The highest BCUT2D eigenvalue weighted by molar-refractivity contribution is 5.72. The van der Waals surface area contributed by atoms with E-state index in [-0.39, 0.29) is 0 Å². The highest BCUT2D eigenvalue weighted by atomic mass is 16.6. The van der Waals surface area contributed by atoms with Gasteiger partial charge in [-0.3, -0.25) is 4.84 Å². The molecule has 4 heteroatoms. The van der Waals surface area contributed by atoms with Crippen LogP contribution in [-0.2, 0) is 9.63 Å². The van der Waals surface area contributed by atoms with Crippen molar-refractivity contribution in [1.29, 1.82) is 0 Å². The van der Waals surface area contributed by atoms with Crippen molar-refractivity contribution in [3.8, 4) is 0 Å². The fourth-order valence-corrected chi connectivity index (χ4v) is 2.83. The Morgan fingerprint density at radius 1 is 0.875 bits per heavy atom. The van der Waals surface area contributed by atoms with Crippen LogP contribution in [0.4, 0.5) is 0 Å². The maximum absolute atomic E-state index is 10.7. The normalized spacial score (nSPS) is 12.8. The predicted octanol–water partition coefficient (Wildman–Crippen LogP) is 5.76. The first-order chi connectivity index (χ1) is 11.7. The maximum atomic E-state index is 10.7. The number of hydrogen-bond acceptors (Lipinski definition) is 3. The van der Waals surface area contributed by atoms with Crippen molar-refractivity contribution in [3.05, 3.63) is 12.2 Å². The molecule has 0 saturated carbocycles. The number of allylic oxidation sites excluding steroid dienone is 2. The summed E-state index contributed by atoms with van der Waals surface area (Å²) in [7, 11) is 0. The van der Waals surface area contributed by atoms with Crippen molar-refractivity contribution >= 4 is 5.97 Å². The molecule has 0 aromatic heterocycles. The van der Waals surface area contributed by atoms with E-state index in [1.807, 2.05) is 0 Å². The van der Waals surface area contributed by atoms with Gasteiger partial charge in [-0.05, 0) is 32.1 Å². The van der Waals surface area contributed by atoms with Crippen LogP contribution in [0.1, 0.15) is 103 Å². The number of aliphatic carboxylic acids is 1. The number of hydrogen-bond donors (Lipinski definition) is 2. The topological polar surface area (TPSA) is 72.5 Å². The quantitative estimate of drug-likeness (QED) is 0.189. The highest BCUT2D eigenvalue weighted by Gasteiger charge is 2.15. The lowest BCUT2D eigenvalue weighted by atomic mass is 10.1. The van der Waals surface area contributed by atoms with Crippen molar-refractivity contribution in [1.82, 2.24) is 0 Å². The van der Waals surface area contributed by atoms with Gasteiger partial charge in [-0.15, -0.1) is 0 Å². The zero-order chi connectivity index (χ0) is 17.9. The lowest BCUT2D eigenvalue weighted by molar-refractivity contribution is -0.151. The Kier molecular flexibility index (Phi) is 17.8. The first kappa shape index (κ1) is 23.1. The second-order valence-corrected chi connectivity index (χ2v) is 6.69. The Balaban J connectivity index is 3.22. The Bertz CT molecular complexity index is 305. The molecule has 0 aliphatic rings. The second kappa shape index (κ2) is 18.5. The summed E-state index contributed by atoms with van der Waals surface area (Å²) in [6.07, 6.45) is 21.8. The van der Waals surface area contributed by atoms with Crippen molar-refractivity contribution in [2.24, 2.45) is 5.90 Å². The number of unbranched alkanes of at least 4 members (excludes halogenated alkanes) is 12. The van der Waals surface area contributed by atoms with Crippen molar-refractivity contribution in [2.45, 2.75) is 109 Å². The summed E-state index contributed by atoms with van der Waals surface area (Å²) in [6, 6.07) is 0. The van der Waals surface area contributed by atoms with Gasteiger partial charge in [0.2, 0.25) is 0 Å². The van der Waals surface area contributed by atoms with E-state index in [1.54, 1.807) is 0 Å². The van der Waals surface area contributed by atoms with Crippen LogP contribution in [0.5, 0.6) is 0 Å². The maximum Gasteiger partial charge on any atom is 0.334 e. The molecule has 0 rings (SSSR count). The number of carboxylic acids is 1. The molecule has 4 nitrogen and oxygen atoms in total. The van der Waals surface area contributed by atoms with Gasteiger partial charge >= 0.3 is 5.97 Å². The molecule has 0 fully saturated rings. The van der Waals surface area contributed by atoms with Crippen LogP contribution < -0.4 is 5.90 Å². The van der Waals surface area contributed by atoms with E-state index in [1.165, 1.54) is 77.0 Å². The third-order valence-corrected chi connectivity index (χ3v) is 4.42. The van der Waals surface area contributed by atoms with Crippen molar-refractivity contribution in [3.63, 3.8) is 0 Å². The minimum Gasteiger partial charge on any atom is -0.479 e. The number of carboxylic acid groups (broad SMARTS) is 1. The van der Waals surface area contributed by atoms with Crippen LogP contribution in [-0.4, -0.2) is 17.2 Å². The minimum atomic E-state index is -0.967. The number of nitrogens with two attached hydrogens (primary N) is 1. The zero-order valence-electron chi connectivity index (χ0n) is 15.7. The van der Waals surface area contributed by atoms with E-state index >= 15 is 0 Å². The molecule has 0 radical (unpaired) electrons. The van der Waals surface area contributed by atoms with Gasteiger partial charge < -0.3 is 5.11 Å². The lowest BCUT2D eigenvalue weighted by Gasteiger charge is -2.08. The zero-order valence-corrected chi connectivity index (χ0v) is 15.7. The fourth-order valence-electron chi connectivity index (χ4n) is 2.83. The van der Waals surface area contributed by atoms with Gasteiger partial charge in [-0.2, -0.15) is 0 Å². The summed E-state index contributed by atoms with van der Waals surface area (Å²) in [5, 5.41) is 8.79. The molecule has 0 aromatic rings. The van der Waals surface area contributed by atoms with Gasteiger partial charge in [-0.25, -0.2) is 10.7 Å². The van der Waals surface area contributed by atoms with E-state index < -0.39 is 12.1 Å². The van der Waals surface area contributed by atoms with E-state index in [4.69, 9.17) is 11.0 Å². The predicted molar refractivity (Wildman–Crippen MR) is 101 cm³/mol. The molecule has 1 unspecified atom stereocenters. The first-order valence-electron chi connectivity index (χ1n) is 9.95. The molecule has 0 aromatic carbocycles. The minimum absolute atomic E-state index is 0.507. The summed E-state index contributed by atoms with van der Waals surface area (Å²) in [6.45, 7) is 2.26. The van der Waals surface area contributed by atoms with Crippen LogP contribution >= 0.6 is 0 Å². The molecule has 0 saturated heterocycles. The summed E-state index contributed by atoms with van der Waals surface area (Å²) in [5.41, 5.74) is 0. The van der Waals surface area contributed by atoms with E-state index in [2.05, 4.69) is 23.9 Å². The largest absolute Gasteiger partial charge is 0.479 e. The van der Waals surface area contributed by atoms with Crippen molar-refractivity contribution in [2.75, 3.05) is 0 Å². The van der Waals surface area contributed by atoms with Crippen LogP contribution in [0.25, 0.3) is 0 Å². The third kappa shape index (κ3) is 16.0. The van der Waals surface area contributed by atoms with E-state index in [9.17, 15) is 4.79 Å². The second-order valence-electron chi connectivity index (χ2n) is 6.69. The Morgan fingerprint density at radius 2 is 1.33 bits per heavy atom. The monoisotopic (exact) mass is 341 g/mol. The van der Waals surface area contributed by atoms with Gasteiger partial charge in [0.05, 0.1) is 0 Å². The molecule has 0 amide bonds. The molecular formula is C20H39NO3. The number of rotatable bonds is 18. The summed E-state index contributed by atoms with van der Waals surface area (Å²) >= 11 is 0. The molecule has 0 heterocycles. The SMILES string of the molecule is CCCCCCCC/C=C\CCCCCCCCC(ON)C(=O)O. The molecule has 0 bridgehead atoms. The van der Waals surface area contributed by atoms with E-state index in [0.717, 1.165) is 12.8 Å². The molecule has 1 atom stereocenters. The molecular weight excluding hydrogens is 302 g/mol. The Morgan fingerprint density at radius 3 is 1.79 bits per heavy atom. The number of carbonyl (C=O) groups is 1. The van der Waals surface area contributed by atoms with Crippen molar-refractivity contribution < 1.29 is 14.7 Å². The summed E-state index contributed by atoms with van der Waals surface area (Å²) in [4.78, 5) is 15.1. The van der Waals surface area contributed by atoms with Crippen LogP contribution in [0, 0.1) is 0 Å². The molecule has 0 aliphatic carbocycles. The molecule has 142 valence electrons. The average Bonchev–Trinajstić information content (AvgIpc) is 2.57.